The lowest BCUT2D eigenvalue weighted by molar-refractivity contribution is -0.140. The van der Waals surface area contributed by atoms with Crippen LogP contribution in [0.5, 0.6) is 0 Å². The molecular formula is C12H12BrClN2O5. The van der Waals surface area contributed by atoms with Gasteiger partial charge < -0.3 is 20.8 Å². The Morgan fingerprint density at radius 2 is 1.95 bits per heavy atom. The number of urea groups is 1. The minimum absolute atomic E-state index is 0.213. The van der Waals surface area contributed by atoms with Gasteiger partial charge in [0.1, 0.15) is 6.04 Å². The van der Waals surface area contributed by atoms with Crippen molar-refractivity contribution in [2.24, 2.45) is 0 Å². The second-order valence-electron chi connectivity index (χ2n) is 4.05. The zero-order valence-corrected chi connectivity index (χ0v) is 12.9. The molecule has 0 aliphatic rings. The maximum atomic E-state index is 11.7. The van der Waals surface area contributed by atoms with Gasteiger partial charge in [0.15, 0.2) is 0 Å². The van der Waals surface area contributed by atoms with E-state index in [0.29, 0.717) is 15.2 Å². The van der Waals surface area contributed by atoms with Crippen molar-refractivity contribution in [3.63, 3.8) is 0 Å². The van der Waals surface area contributed by atoms with Gasteiger partial charge in [-0.05, 0) is 40.5 Å². The van der Waals surface area contributed by atoms with Crippen LogP contribution in [-0.2, 0) is 9.59 Å². The fourth-order valence-corrected chi connectivity index (χ4v) is 1.95. The molecule has 0 saturated carbocycles. The SMILES string of the molecule is O=C(O)CCC(NC(=O)Nc1cc(Cl)ccc1Br)C(=O)O. The van der Waals surface area contributed by atoms with E-state index < -0.39 is 24.0 Å². The molecule has 7 nitrogen and oxygen atoms in total. The lowest BCUT2D eigenvalue weighted by Crippen LogP contribution is -2.43. The first-order chi connectivity index (χ1) is 9.79. The topological polar surface area (TPSA) is 116 Å². The van der Waals surface area contributed by atoms with Crippen molar-refractivity contribution in [2.45, 2.75) is 18.9 Å². The van der Waals surface area contributed by atoms with Crippen LogP contribution in [-0.4, -0.2) is 34.2 Å². The van der Waals surface area contributed by atoms with Gasteiger partial charge in [0.2, 0.25) is 0 Å². The Morgan fingerprint density at radius 3 is 2.52 bits per heavy atom. The lowest BCUT2D eigenvalue weighted by atomic mass is 10.1. The van der Waals surface area contributed by atoms with E-state index in [9.17, 15) is 14.4 Å². The summed E-state index contributed by atoms with van der Waals surface area (Å²) in [6.45, 7) is 0. The Balaban J connectivity index is 2.67. The minimum Gasteiger partial charge on any atom is -0.481 e. The summed E-state index contributed by atoms with van der Waals surface area (Å²) < 4.78 is 0.569. The molecule has 0 aliphatic heterocycles. The average molecular weight is 380 g/mol. The maximum absolute atomic E-state index is 11.7. The third kappa shape index (κ3) is 6.01. The van der Waals surface area contributed by atoms with Gasteiger partial charge in [-0.15, -0.1) is 0 Å². The average Bonchev–Trinajstić information content (AvgIpc) is 2.38. The van der Waals surface area contributed by atoms with E-state index >= 15 is 0 Å². The van der Waals surface area contributed by atoms with Crippen molar-refractivity contribution in [1.82, 2.24) is 5.32 Å². The first-order valence-electron chi connectivity index (χ1n) is 5.76. The van der Waals surface area contributed by atoms with E-state index in [1.807, 2.05) is 0 Å². The van der Waals surface area contributed by atoms with Crippen LogP contribution in [0.3, 0.4) is 0 Å². The highest BCUT2D eigenvalue weighted by Crippen LogP contribution is 2.25. The smallest absolute Gasteiger partial charge is 0.326 e. The molecule has 0 aromatic heterocycles. The Labute approximate surface area is 133 Å². The third-order valence-corrected chi connectivity index (χ3v) is 3.35. The van der Waals surface area contributed by atoms with Gasteiger partial charge in [-0.1, -0.05) is 11.6 Å². The number of carboxylic acid groups (broad SMARTS) is 2. The van der Waals surface area contributed by atoms with E-state index in [1.54, 1.807) is 12.1 Å². The van der Waals surface area contributed by atoms with Crippen molar-refractivity contribution in [1.29, 1.82) is 0 Å². The van der Waals surface area contributed by atoms with E-state index in [0.717, 1.165) is 0 Å². The fourth-order valence-electron chi connectivity index (χ4n) is 1.44. The maximum Gasteiger partial charge on any atom is 0.326 e. The number of anilines is 1. The van der Waals surface area contributed by atoms with Crippen LogP contribution in [0, 0.1) is 0 Å². The number of carboxylic acids is 2. The molecule has 21 heavy (non-hydrogen) atoms. The van der Waals surface area contributed by atoms with Crippen molar-refractivity contribution in [3.8, 4) is 0 Å². The molecule has 0 heterocycles. The molecule has 0 spiro atoms. The Hall–Kier alpha value is -1.80. The van der Waals surface area contributed by atoms with Gasteiger partial charge in [0.05, 0.1) is 5.69 Å². The summed E-state index contributed by atoms with van der Waals surface area (Å²) in [5.41, 5.74) is 0.363. The molecular weight excluding hydrogens is 367 g/mol. The number of aliphatic carboxylic acids is 2. The van der Waals surface area contributed by atoms with Crippen LogP contribution < -0.4 is 10.6 Å². The molecule has 1 aromatic rings. The molecule has 9 heteroatoms. The Bertz CT molecular complexity index is 567. The minimum atomic E-state index is -1.31. The number of benzene rings is 1. The Kier molecular flexibility index (Phi) is 6.44. The number of hydrogen-bond donors (Lipinski definition) is 4. The summed E-state index contributed by atoms with van der Waals surface area (Å²) in [6, 6.07) is 2.66. The quantitative estimate of drug-likeness (QED) is 0.606. The van der Waals surface area contributed by atoms with Crippen LogP contribution >= 0.6 is 27.5 Å². The predicted molar refractivity (Wildman–Crippen MR) is 79.6 cm³/mol. The molecule has 0 bridgehead atoms. The van der Waals surface area contributed by atoms with Crippen LogP contribution in [0.4, 0.5) is 10.5 Å². The van der Waals surface area contributed by atoms with Crippen LogP contribution in [0.2, 0.25) is 5.02 Å². The molecule has 1 rings (SSSR count). The number of amides is 2. The summed E-state index contributed by atoms with van der Waals surface area (Å²) in [5.74, 6) is -2.45. The van der Waals surface area contributed by atoms with Crippen molar-refractivity contribution < 1.29 is 24.6 Å². The summed E-state index contributed by atoms with van der Waals surface area (Å²) in [5, 5.41) is 22.5. The van der Waals surface area contributed by atoms with E-state index in [2.05, 4.69) is 26.6 Å². The second-order valence-corrected chi connectivity index (χ2v) is 5.34. The van der Waals surface area contributed by atoms with E-state index in [4.69, 9.17) is 21.8 Å². The zero-order valence-electron chi connectivity index (χ0n) is 10.6. The lowest BCUT2D eigenvalue weighted by Gasteiger charge is -2.15. The fraction of sp³-hybridized carbons (Fsp3) is 0.250. The van der Waals surface area contributed by atoms with Crippen LogP contribution in [0.15, 0.2) is 22.7 Å². The number of carbonyl (C=O) groups excluding carboxylic acids is 1. The molecule has 114 valence electrons. The van der Waals surface area contributed by atoms with E-state index in [1.165, 1.54) is 6.07 Å². The zero-order chi connectivity index (χ0) is 16.0. The number of rotatable bonds is 6. The highest BCUT2D eigenvalue weighted by Gasteiger charge is 2.21. The van der Waals surface area contributed by atoms with Crippen molar-refractivity contribution in [2.75, 3.05) is 5.32 Å². The number of hydrogen-bond acceptors (Lipinski definition) is 3. The van der Waals surface area contributed by atoms with Gasteiger partial charge >= 0.3 is 18.0 Å². The predicted octanol–water partition coefficient (Wildman–Crippen LogP) is 2.54. The molecule has 0 aliphatic carbocycles. The molecule has 0 saturated heterocycles. The van der Waals surface area contributed by atoms with Crippen LogP contribution in [0.25, 0.3) is 0 Å². The van der Waals surface area contributed by atoms with Gasteiger partial charge in [-0.2, -0.15) is 0 Å². The number of halogens is 2. The normalized spacial score (nSPS) is 11.5. The molecule has 4 N–H and O–H groups in total. The standard InChI is InChI=1S/C12H12BrClN2O5/c13-7-2-1-6(14)5-9(7)16-12(21)15-8(11(19)20)3-4-10(17)18/h1-2,5,8H,3-4H2,(H,17,18)(H,19,20)(H2,15,16,21). The molecule has 1 atom stereocenters. The molecule has 0 fully saturated rings. The largest absolute Gasteiger partial charge is 0.481 e. The van der Waals surface area contributed by atoms with Crippen LogP contribution in [0.1, 0.15) is 12.8 Å². The van der Waals surface area contributed by atoms with Crippen molar-refractivity contribution in [3.05, 3.63) is 27.7 Å². The van der Waals surface area contributed by atoms with Gasteiger partial charge in [0, 0.05) is 15.9 Å². The number of carbonyl (C=O) groups is 3. The summed E-state index contributed by atoms with van der Waals surface area (Å²) in [6.07, 6.45) is -0.576. The highest BCUT2D eigenvalue weighted by molar-refractivity contribution is 9.10. The Morgan fingerprint density at radius 1 is 1.29 bits per heavy atom. The first kappa shape index (κ1) is 17.3. The summed E-state index contributed by atoms with van der Waals surface area (Å²) >= 11 is 9.00. The summed E-state index contributed by atoms with van der Waals surface area (Å²) in [4.78, 5) is 33.1. The molecule has 1 aromatic carbocycles. The first-order valence-corrected chi connectivity index (χ1v) is 6.94. The van der Waals surface area contributed by atoms with Gasteiger partial charge in [0.25, 0.3) is 0 Å². The molecule has 0 radical (unpaired) electrons. The summed E-state index contributed by atoms with van der Waals surface area (Å²) in [7, 11) is 0. The third-order valence-electron chi connectivity index (χ3n) is 2.43. The van der Waals surface area contributed by atoms with Gasteiger partial charge in [-0.3, -0.25) is 4.79 Å². The molecule has 1 unspecified atom stereocenters. The second kappa shape index (κ2) is 7.84. The molecule has 2 amide bonds. The van der Waals surface area contributed by atoms with Gasteiger partial charge in [-0.25, -0.2) is 9.59 Å². The number of nitrogens with one attached hydrogen (secondary N) is 2. The van der Waals surface area contributed by atoms with E-state index in [-0.39, 0.29) is 12.8 Å². The highest BCUT2D eigenvalue weighted by atomic mass is 79.9. The van der Waals surface area contributed by atoms with Crippen molar-refractivity contribution >= 4 is 51.2 Å². The monoisotopic (exact) mass is 378 g/mol.